The molecule has 0 atom stereocenters. The molecule has 0 saturated heterocycles. The first-order valence-corrected chi connectivity index (χ1v) is 13.7. The summed E-state index contributed by atoms with van der Waals surface area (Å²) in [6.45, 7) is 5.92. The summed E-state index contributed by atoms with van der Waals surface area (Å²) in [5.74, 6) is -0.494. The second kappa shape index (κ2) is 11.5. The maximum absolute atomic E-state index is 13.9. The minimum absolute atomic E-state index is 0.0559. The standard InChI is InChI=1S/C29H26BrN3O3S/c1-21-12-18-26(19-13-21)37(35,36)33(20-23-8-4-3-5-9-23)28-11-7-6-10-27(28)29(34)32-31-22(2)24-14-16-25(30)17-15-24/h3-19,31H,2,20H2,1H3,(H,32,34). The van der Waals surface area contributed by atoms with Crippen molar-refractivity contribution in [2.75, 3.05) is 4.31 Å². The number of aryl methyl sites for hydroxylation is 1. The normalized spacial score (nSPS) is 11.0. The van der Waals surface area contributed by atoms with E-state index in [-0.39, 0.29) is 22.7 Å². The molecule has 2 N–H and O–H groups in total. The summed E-state index contributed by atoms with van der Waals surface area (Å²) in [4.78, 5) is 13.4. The highest BCUT2D eigenvalue weighted by Gasteiger charge is 2.28. The number of nitrogens with zero attached hydrogens (tertiary/aromatic N) is 1. The molecule has 0 saturated carbocycles. The Morgan fingerprint density at radius 3 is 2.14 bits per heavy atom. The second-order valence-corrected chi connectivity index (χ2v) is 11.2. The summed E-state index contributed by atoms with van der Waals surface area (Å²) in [7, 11) is -3.99. The van der Waals surface area contributed by atoms with Gasteiger partial charge in [0.1, 0.15) is 0 Å². The summed E-state index contributed by atoms with van der Waals surface area (Å²) in [6.07, 6.45) is 0. The summed E-state index contributed by atoms with van der Waals surface area (Å²) >= 11 is 3.40. The second-order valence-electron chi connectivity index (χ2n) is 8.39. The van der Waals surface area contributed by atoms with E-state index in [1.54, 1.807) is 48.5 Å². The molecule has 0 spiro atoms. The van der Waals surface area contributed by atoms with Crippen LogP contribution >= 0.6 is 15.9 Å². The van der Waals surface area contributed by atoms with Crippen molar-refractivity contribution in [3.8, 4) is 0 Å². The molecule has 0 aromatic heterocycles. The van der Waals surface area contributed by atoms with E-state index in [4.69, 9.17) is 0 Å². The number of hydrazine groups is 1. The van der Waals surface area contributed by atoms with E-state index in [0.717, 1.165) is 21.2 Å². The molecule has 0 aliphatic heterocycles. The Balaban J connectivity index is 1.67. The Morgan fingerprint density at radius 1 is 0.838 bits per heavy atom. The predicted molar refractivity (Wildman–Crippen MR) is 151 cm³/mol. The Bertz CT molecular complexity index is 1500. The highest BCUT2D eigenvalue weighted by molar-refractivity contribution is 9.10. The van der Waals surface area contributed by atoms with Crippen molar-refractivity contribution < 1.29 is 13.2 Å². The lowest BCUT2D eigenvalue weighted by Gasteiger charge is -2.27. The molecule has 0 unspecified atom stereocenters. The van der Waals surface area contributed by atoms with Crippen LogP contribution in [0.5, 0.6) is 0 Å². The lowest BCUT2D eigenvalue weighted by Crippen LogP contribution is -2.38. The van der Waals surface area contributed by atoms with Gasteiger partial charge in [0.05, 0.1) is 28.4 Å². The third kappa shape index (κ3) is 6.28. The number of para-hydroxylation sites is 1. The van der Waals surface area contributed by atoms with Gasteiger partial charge in [-0.15, -0.1) is 0 Å². The van der Waals surface area contributed by atoms with Crippen molar-refractivity contribution in [2.45, 2.75) is 18.4 Å². The zero-order chi connectivity index (χ0) is 26.4. The summed E-state index contributed by atoms with van der Waals surface area (Å²) < 4.78 is 29.9. The number of carbonyl (C=O) groups excluding carboxylic acids is 1. The Hall–Kier alpha value is -3.88. The van der Waals surface area contributed by atoms with Crippen LogP contribution in [0.1, 0.15) is 27.0 Å². The maximum atomic E-state index is 13.9. The van der Waals surface area contributed by atoms with Gasteiger partial charge in [0.2, 0.25) is 0 Å². The summed E-state index contributed by atoms with van der Waals surface area (Å²) in [5, 5.41) is 0. The van der Waals surface area contributed by atoms with E-state index >= 15 is 0 Å². The van der Waals surface area contributed by atoms with Gasteiger partial charge in [-0.3, -0.25) is 20.0 Å². The van der Waals surface area contributed by atoms with Crippen LogP contribution in [0.4, 0.5) is 5.69 Å². The number of sulfonamides is 1. The first-order chi connectivity index (χ1) is 17.8. The van der Waals surface area contributed by atoms with Crippen molar-refractivity contribution in [1.82, 2.24) is 10.9 Å². The summed E-state index contributed by atoms with van der Waals surface area (Å²) in [6, 6.07) is 30.0. The van der Waals surface area contributed by atoms with Gasteiger partial charge in [-0.05, 0) is 54.4 Å². The van der Waals surface area contributed by atoms with Crippen LogP contribution < -0.4 is 15.2 Å². The molecule has 188 valence electrons. The SMILES string of the molecule is C=C(NNC(=O)c1ccccc1N(Cc1ccccc1)S(=O)(=O)c1ccc(C)cc1)c1ccc(Br)cc1. The van der Waals surface area contributed by atoms with Gasteiger partial charge in [-0.2, -0.15) is 0 Å². The van der Waals surface area contributed by atoms with E-state index in [0.29, 0.717) is 5.70 Å². The molecule has 0 bridgehead atoms. The van der Waals surface area contributed by atoms with Crippen LogP contribution in [-0.4, -0.2) is 14.3 Å². The van der Waals surface area contributed by atoms with Gasteiger partial charge in [0.25, 0.3) is 15.9 Å². The average Bonchev–Trinajstić information content (AvgIpc) is 2.91. The molecule has 8 heteroatoms. The number of hydrogen-bond donors (Lipinski definition) is 2. The molecule has 4 aromatic rings. The lowest BCUT2D eigenvalue weighted by atomic mass is 10.1. The monoisotopic (exact) mass is 575 g/mol. The Morgan fingerprint density at radius 2 is 1.46 bits per heavy atom. The van der Waals surface area contributed by atoms with Gasteiger partial charge >= 0.3 is 0 Å². The van der Waals surface area contributed by atoms with E-state index in [9.17, 15) is 13.2 Å². The van der Waals surface area contributed by atoms with Gasteiger partial charge in [-0.1, -0.05) is 94.8 Å². The third-order valence-corrected chi connectivity index (χ3v) is 8.02. The predicted octanol–water partition coefficient (Wildman–Crippen LogP) is 6.06. The fourth-order valence-corrected chi connectivity index (χ4v) is 5.43. The molecule has 0 radical (unpaired) electrons. The highest BCUT2D eigenvalue weighted by atomic mass is 79.9. The zero-order valence-corrected chi connectivity index (χ0v) is 22.6. The third-order valence-electron chi connectivity index (χ3n) is 5.71. The number of amides is 1. The zero-order valence-electron chi connectivity index (χ0n) is 20.2. The molecule has 0 aliphatic carbocycles. The molecule has 0 aliphatic rings. The van der Waals surface area contributed by atoms with E-state index in [1.807, 2.05) is 61.5 Å². The van der Waals surface area contributed by atoms with Gasteiger partial charge in [-0.25, -0.2) is 8.42 Å². The first kappa shape index (κ1) is 26.2. The lowest BCUT2D eigenvalue weighted by molar-refractivity contribution is 0.0943. The number of nitrogens with one attached hydrogen (secondary N) is 2. The van der Waals surface area contributed by atoms with E-state index < -0.39 is 15.9 Å². The number of benzene rings is 4. The Kier molecular flexibility index (Phi) is 8.11. The molecule has 6 nitrogen and oxygen atoms in total. The number of anilines is 1. The molecular formula is C29H26BrN3O3S. The fraction of sp³-hybridized carbons (Fsp3) is 0.0690. The van der Waals surface area contributed by atoms with Crippen LogP contribution in [-0.2, 0) is 16.6 Å². The minimum Gasteiger partial charge on any atom is -0.298 e. The average molecular weight is 577 g/mol. The molecule has 0 heterocycles. The molecule has 4 rings (SSSR count). The van der Waals surface area contributed by atoms with Crippen molar-refractivity contribution in [3.05, 3.63) is 136 Å². The fourth-order valence-electron chi connectivity index (χ4n) is 3.69. The smallest absolute Gasteiger partial charge is 0.271 e. The number of hydrogen-bond acceptors (Lipinski definition) is 4. The minimum atomic E-state index is -3.99. The van der Waals surface area contributed by atoms with Gasteiger partial charge in [0.15, 0.2) is 0 Å². The van der Waals surface area contributed by atoms with E-state index in [2.05, 4.69) is 33.4 Å². The van der Waals surface area contributed by atoms with Crippen LogP contribution in [0.3, 0.4) is 0 Å². The molecule has 0 fully saturated rings. The van der Waals surface area contributed by atoms with E-state index in [1.165, 1.54) is 4.31 Å². The van der Waals surface area contributed by atoms with Crippen molar-refractivity contribution >= 4 is 43.2 Å². The largest absolute Gasteiger partial charge is 0.298 e. The van der Waals surface area contributed by atoms with Crippen LogP contribution in [0.15, 0.2) is 119 Å². The number of carbonyl (C=O) groups is 1. The molecular weight excluding hydrogens is 550 g/mol. The van der Waals surface area contributed by atoms with Crippen molar-refractivity contribution in [1.29, 1.82) is 0 Å². The first-order valence-electron chi connectivity index (χ1n) is 11.5. The van der Waals surface area contributed by atoms with Crippen molar-refractivity contribution in [3.63, 3.8) is 0 Å². The number of halogens is 1. The topological polar surface area (TPSA) is 78.5 Å². The van der Waals surface area contributed by atoms with Gasteiger partial charge < -0.3 is 0 Å². The molecule has 37 heavy (non-hydrogen) atoms. The molecule has 1 amide bonds. The quantitative estimate of drug-likeness (QED) is 0.238. The Labute approximate surface area is 225 Å². The van der Waals surface area contributed by atoms with Crippen LogP contribution in [0.2, 0.25) is 0 Å². The van der Waals surface area contributed by atoms with Crippen molar-refractivity contribution in [2.24, 2.45) is 0 Å². The van der Waals surface area contributed by atoms with Gasteiger partial charge in [0, 0.05) is 4.47 Å². The van der Waals surface area contributed by atoms with Crippen LogP contribution in [0.25, 0.3) is 5.70 Å². The summed E-state index contributed by atoms with van der Waals surface area (Å²) in [5.41, 5.74) is 8.97. The molecule has 4 aromatic carbocycles. The van der Waals surface area contributed by atoms with Crippen LogP contribution in [0, 0.1) is 6.92 Å². The highest BCUT2D eigenvalue weighted by Crippen LogP contribution is 2.29. The maximum Gasteiger partial charge on any atom is 0.271 e. The number of rotatable bonds is 9.